The van der Waals surface area contributed by atoms with Gasteiger partial charge in [0, 0.05) is 0 Å². The quantitative estimate of drug-likeness (QED) is 0.225. The molecule has 0 aromatic heterocycles. The van der Waals surface area contributed by atoms with E-state index in [1.807, 2.05) is 0 Å². The minimum atomic E-state index is -0.556. The molecule has 2 aromatic carbocycles. The molecule has 2 aromatic rings. The molecule has 1 aliphatic rings. The normalized spacial score (nSPS) is 14.9. The van der Waals surface area contributed by atoms with Gasteiger partial charge in [0.1, 0.15) is 0 Å². The molecule has 0 saturated heterocycles. The van der Waals surface area contributed by atoms with E-state index in [-0.39, 0.29) is 13.3 Å². The third kappa shape index (κ3) is 8.24. The number of halogens is 2. The molecule has 0 unspecified atom stereocenters. The third-order valence-corrected chi connectivity index (χ3v) is 8.48. The van der Waals surface area contributed by atoms with E-state index >= 15 is 0 Å². The Morgan fingerprint density at radius 3 is 1.97 bits per heavy atom. The molecule has 0 saturated carbocycles. The number of allylic oxidation sites excluding steroid dienone is 4. The average Bonchev–Trinajstić information content (AvgIpc) is 3.18. The minimum absolute atomic E-state index is 0.0972. The summed E-state index contributed by atoms with van der Waals surface area (Å²) < 4.78 is 0. The summed E-state index contributed by atoms with van der Waals surface area (Å²) in [6.07, 6.45) is 8.84. The van der Waals surface area contributed by atoms with Crippen LogP contribution in [0.3, 0.4) is 0 Å². The summed E-state index contributed by atoms with van der Waals surface area (Å²) in [5, 5.41) is 4.44. The van der Waals surface area contributed by atoms with Gasteiger partial charge in [0.25, 0.3) is 0 Å². The molecule has 0 radical (unpaired) electrons. The summed E-state index contributed by atoms with van der Waals surface area (Å²) in [5.41, 5.74) is 4.39. The summed E-state index contributed by atoms with van der Waals surface area (Å²) >= 11 is -0.556. The fourth-order valence-electron chi connectivity index (χ4n) is 3.63. The van der Waals surface area contributed by atoms with Gasteiger partial charge in [-0.3, -0.25) is 6.08 Å². The van der Waals surface area contributed by atoms with Crippen molar-refractivity contribution in [3.8, 4) is 0 Å². The van der Waals surface area contributed by atoms with Crippen LogP contribution in [0, 0.1) is 11.5 Å². The number of hydrogen-bond donors (Lipinski definition) is 0. The van der Waals surface area contributed by atoms with E-state index in [0.717, 1.165) is 0 Å². The molecular formula is C25H35Cl2PTi-2. The van der Waals surface area contributed by atoms with Crippen LogP contribution in [-0.4, -0.2) is 12.3 Å². The zero-order valence-electron chi connectivity index (χ0n) is 19.0. The van der Waals surface area contributed by atoms with E-state index < -0.39 is 17.0 Å². The molecule has 0 nitrogen and oxygen atoms in total. The molecule has 0 atom stereocenters. The number of benzene rings is 1. The molecule has 1 aliphatic carbocycles. The van der Waals surface area contributed by atoms with Crippen LogP contribution in [0.2, 0.25) is 0 Å². The first-order chi connectivity index (χ1) is 13.7. The topological polar surface area (TPSA) is 0 Å². The van der Waals surface area contributed by atoms with Gasteiger partial charge in [-0.25, -0.2) is 5.57 Å². The Kier molecular flexibility index (Phi) is 12.6. The SMILES string of the molecule is CC1=[C-]C(C)(C)C(C)=C1C.CCCP(CCC)c1cc2ccccc2[cH-]1.[Cl][Ti][Cl]. The molecule has 0 N–H and O–H groups in total. The number of hydrogen-bond acceptors (Lipinski definition) is 0. The Balaban J connectivity index is 0.000000277. The predicted molar refractivity (Wildman–Crippen MR) is 133 cm³/mol. The first kappa shape index (κ1) is 27.1. The summed E-state index contributed by atoms with van der Waals surface area (Å²) in [6, 6.07) is 13.5. The van der Waals surface area contributed by atoms with Crippen LogP contribution in [0.15, 0.2) is 53.1 Å². The second kappa shape index (κ2) is 13.4. The fourth-order valence-corrected chi connectivity index (χ4v) is 6.10. The van der Waals surface area contributed by atoms with Gasteiger partial charge in [-0.15, -0.1) is 47.3 Å². The van der Waals surface area contributed by atoms with Crippen LogP contribution < -0.4 is 5.30 Å². The van der Waals surface area contributed by atoms with Crippen LogP contribution in [0.4, 0.5) is 0 Å². The first-order valence-electron chi connectivity index (χ1n) is 10.4. The van der Waals surface area contributed by atoms with Crippen molar-refractivity contribution in [2.45, 2.75) is 61.3 Å². The molecular weight excluding hydrogens is 450 g/mol. The summed E-state index contributed by atoms with van der Waals surface area (Å²) in [7, 11) is 9.88. The first-order valence-corrected chi connectivity index (χ1v) is 16.4. The third-order valence-electron chi connectivity index (χ3n) is 5.52. The summed E-state index contributed by atoms with van der Waals surface area (Å²) in [4.78, 5) is 0. The Morgan fingerprint density at radius 1 is 1.03 bits per heavy atom. The molecule has 0 aliphatic heterocycles. The van der Waals surface area contributed by atoms with Crippen LogP contribution in [0.1, 0.15) is 61.3 Å². The second-order valence-electron chi connectivity index (χ2n) is 8.03. The van der Waals surface area contributed by atoms with Crippen molar-refractivity contribution < 1.29 is 17.0 Å². The van der Waals surface area contributed by atoms with Gasteiger partial charge in [0.05, 0.1) is 0 Å². The van der Waals surface area contributed by atoms with E-state index in [0.29, 0.717) is 0 Å². The van der Waals surface area contributed by atoms with Crippen LogP contribution in [0.5, 0.6) is 0 Å². The Hall–Kier alpha value is 0.0343. The molecule has 29 heavy (non-hydrogen) atoms. The van der Waals surface area contributed by atoms with Gasteiger partial charge in [-0.1, -0.05) is 73.8 Å². The molecule has 0 bridgehead atoms. The van der Waals surface area contributed by atoms with E-state index in [4.69, 9.17) is 18.6 Å². The van der Waals surface area contributed by atoms with E-state index in [1.54, 1.807) is 5.30 Å². The Labute approximate surface area is 196 Å². The fraction of sp³-hybridized carbons (Fsp3) is 0.480. The molecule has 3 rings (SSSR count). The van der Waals surface area contributed by atoms with Gasteiger partial charge in [-0.2, -0.15) is 17.2 Å². The van der Waals surface area contributed by atoms with Crippen molar-refractivity contribution in [1.29, 1.82) is 0 Å². The standard InChI is InChI=1S/C15H20P.C10H15.2ClH.Ti/c1-3-9-16(10-4-2)15-11-13-7-5-6-8-14(13)12-15;1-7-6-10(4,5)9(3)8(7)2;;;/h5-8,11-12H,3-4,9-10H2,1-2H3;1-5H3;2*1H;/q2*-1;;;+2/p-2. The van der Waals surface area contributed by atoms with Crippen LogP contribution >= 0.6 is 26.5 Å². The molecule has 0 amide bonds. The maximum absolute atomic E-state index is 4.89. The van der Waals surface area contributed by atoms with Gasteiger partial charge in [0.2, 0.25) is 0 Å². The van der Waals surface area contributed by atoms with E-state index in [1.165, 1.54) is 52.7 Å². The molecule has 0 spiro atoms. The summed E-state index contributed by atoms with van der Waals surface area (Å²) in [6.45, 7) is 15.5. The van der Waals surface area contributed by atoms with Gasteiger partial charge < -0.3 is 0 Å². The molecule has 0 fully saturated rings. The number of rotatable bonds is 5. The Bertz CT molecular complexity index is 778. The molecule has 0 heterocycles. The maximum atomic E-state index is 4.89. The van der Waals surface area contributed by atoms with Crippen molar-refractivity contribution in [2.75, 3.05) is 12.3 Å². The van der Waals surface area contributed by atoms with E-state index in [9.17, 15) is 0 Å². The Morgan fingerprint density at radius 2 is 1.59 bits per heavy atom. The monoisotopic (exact) mass is 484 g/mol. The predicted octanol–water partition coefficient (Wildman–Crippen LogP) is 8.97. The zero-order chi connectivity index (χ0) is 22.0. The van der Waals surface area contributed by atoms with Crippen LogP contribution in [0.25, 0.3) is 10.8 Å². The number of fused-ring (bicyclic) bond motifs is 1. The van der Waals surface area contributed by atoms with E-state index in [2.05, 4.69) is 90.9 Å². The van der Waals surface area contributed by atoms with Gasteiger partial charge in [-0.05, 0) is 12.3 Å². The van der Waals surface area contributed by atoms with Crippen molar-refractivity contribution in [3.63, 3.8) is 0 Å². The van der Waals surface area contributed by atoms with Gasteiger partial charge >= 0.3 is 35.6 Å². The van der Waals surface area contributed by atoms with Crippen LogP contribution in [-0.2, 0) is 17.0 Å². The zero-order valence-corrected chi connectivity index (χ0v) is 23.0. The molecule has 160 valence electrons. The summed E-state index contributed by atoms with van der Waals surface area (Å²) in [5.74, 6) is 0. The second-order valence-corrected chi connectivity index (χ2v) is 13.1. The van der Waals surface area contributed by atoms with Gasteiger partial charge in [0.15, 0.2) is 0 Å². The molecule has 4 heteroatoms. The van der Waals surface area contributed by atoms with Crippen molar-refractivity contribution >= 4 is 42.6 Å². The average molecular weight is 485 g/mol. The van der Waals surface area contributed by atoms with Crippen molar-refractivity contribution in [3.05, 3.63) is 59.2 Å². The van der Waals surface area contributed by atoms with Crippen molar-refractivity contribution in [1.82, 2.24) is 0 Å². The van der Waals surface area contributed by atoms with Crippen molar-refractivity contribution in [2.24, 2.45) is 5.41 Å².